The third-order valence-corrected chi connectivity index (χ3v) is 3.74. The van der Waals surface area contributed by atoms with Gasteiger partial charge < -0.3 is 15.0 Å². The number of ether oxygens (including phenoxy) is 1. The summed E-state index contributed by atoms with van der Waals surface area (Å²) in [7, 11) is 1.56. The molecule has 1 aliphatic heterocycles. The van der Waals surface area contributed by atoms with E-state index in [1.165, 1.54) is 12.1 Å². The highest BCUT2D eigenvalue weighted by atomic mass is 19.1. The normalized spacial score (nSPS) is 16.9. The summed E-state index contributed by atoms with van der Waals surface area (Å²) in [6.07, 6.45) is 2.51. The maximum Gasteiger partial charge on any atom is 0.226 e. The molecule has 7 heteroatoms. The summed E-state index contributed by atoms with van der Waals surface area (Å²) >= 11 is 0. The van der Waals surface area contributed by atoms with Gasteiger partial charge in [-0.3, -0.25) is 0 Å². The van der Waals surface area contributed by atoms with Crippen molar-refractivity contribution in [1.29, 1.82) is 5.26 Å². The van der Waals surface area contributed by atoms with Gasteiger partial charge in [0.05, 0.1) is 18.7 Å². The van der Waals surface area contributed by atoms with Crippen LogP contribution < -0.4 is 15.0 Å². The Labute approximate surface area is 133 Å². The fraction of sp³-hybridized carbons (Fsp3) is 0.312. The number of nitrogens with zero attached hydrogens (tertiary/aromatic N) is 4. The zero-order chi connectivity index (χ0) is 16.2. The zero-order valence-corrected chi connectivity index (χ0v) is 12.7. The van der Waals surface area contributed by atoms with E-state index in [0.717, 1.165) is 18.7 Å². The van der Waals surface area contributed by atoms with Crippen molar-refractivity contribution >= 4 is 11.6 Å². The van der Waals surface area contributed by atoms with E-state index in [0.29, 0.717) is 23.9 Å². The molecule has 2 heterocycles. The third kappa shape index (κ3) is 3.48. The number of rotatable bonds is 4. The Balaban J connectivity index is 1.69. The van der Waals surface area contributed by atoms with Crippen molar-refractivity contribution in [2.24, 2.45) is 0 Å². The standard InChI is InChI=1S/C16H16FN5O/c1-23-15-2-4-19-16(21-15)20-13-3-5-22(10-13)14-7-11(9-18)6-12(17)8-14/h2,4,6-8,13H,3,5,10H2,1H3,(H,19,20,21). The van der Waals surface area contributed by atoms with E-state index in [1.807, 2.05) is 11.0 Å². The second-order valence-electron chi connectivity index (χ2n) is 5.31. The molecule has 3 rings (SSSR count). The van der Waals surface area contributed by atoms with Gasteiger partial charge >= 0.3 is 0 Å². The van der Waals surface area contributed by atoms with Crippen LogP contribution in [0.3, 0.4) is 0 Å². The molecular formula is C16H16FN5O. The number of methoxy groups -OCH3 is 1. The van der Waals surface area contributed by atoms with Gasteiger partial charge in [0, 0.05) is 37.1 Å². The molecule has 0 bridgehead atoms. The number of hydrogen-bond donors (Lipinski definition) is 1. The van der Waals surface area contributed by atoms with Crippen LogP contribution in [-0.4, -0.2) is 36.2 Å². The first-order valence-corrected chi connectivity index (χ1v) is 7.27. The van der Waals surface area contributed by atoms with Gasteiger partial charge in [0.1, 0.15) is 5.82 Å². The van der Waals surface area contributed by atoms with E-state index in [9.17, 15) is 4.39 Å². The molecule has 1 aliphatic rings. The highest BCUT2D eigenvalue weighted by molar-refractivity contribution is 5.53. The van der Waals surface area contributed by atoms with E-state index in [2.05, 4.69) is 15.3 Å². The second kappa shape index (κ2) is 6.48. The van der Waals surface area contributed by atoms with Crippen LogP contribution in [-0.2, 0) is 0 Å². The van der Waals surface area contributed by atoms with Gasteiger partial charge in [-0.15, -0.1) is 0 Å². The molecule has 118 valence electrons. The molecular weight excluding hydrogens is 297 g/mol. The van der Waals surface area contributed by atoms with Crippen molar-refractivity contribution in [1.82, 2.24) is 9.97 Å². The second-order valence-corrected chi connectivity index (χ2v) is 5.31. The lowest BCUT2D eigenvalue weighted by atomic mass is 10.2. The van der Waals surface area contributed by atoms with E-state index < -0.39 is 5.82 Å². The number of anilines is 2. The molecule has 0 spiro atoms. The highest BCUT2D eigenvalue weighted by Gasteiger charge is 2.24. The molecule has 1 aromatic heterocycles. The number of nitrogens with one attached hydrogen (secondary N) is 1. The minimum absolute atomic E-state index is 0.149. The van der Waals surface area contributed by atoms with Gasteiger partial charge in [-0.2, -0.15) is 10.2 Å². The summed E-state index contributed by atoms with van der Waals surface area (Å²) in [5, 5.41) is 12.2. The summed E-state index contributed by atoms with van der Waals surface area (Å²) in [5.74, 6) is 0.612. The minimum Gasteiger partial charge on any atom is -0.481 e. The largest absolute Gasteiger partial charge is 0.481 e. The molecule has 1 saturated heterocycles. The summed E-state index contributed by atoms with van der Waals surface area (Å²) in [6, 6.07) is 8.20. The molecule has 0 aliphatic carbocycles. The first-order chi connectivity index (χ1) is 11.2. The molecule has 1 fully saturated rings. The van der Waals surface area contributed by atoms with Gasteiger partial charge in [-0.05, 0) is 24.6 Å². The predicted molar refractivity (Wildman–Crippen MR) is 83.9 cm³/mol. The van der Waals surface area contributed by atoms with Gasteiger partial charge in [0.2, 0.25) is 11.8 Å². The Morgan fingerprint density at radius 2 is 2.30 bits per heavy atom. The van der Waals surface area contributed by atoms with Crippen LogP contribution in [0.25, 0.3) is 0 Å². The van der Waals surface area contributed by atoms with Crippen LogP contribution >= 0.6 is 0 Å². The maximum absolute atomic E-state index is 13.6. The van der Waals surface area contributed by atoms with E-state index >= 15 is 0 Å². The monoisotopic (exact) mass is 313 g/mol. The average Bonchev–Trinajstić information content (AvgIpc) is 3.03. The molecule has 1 atom stereocenters. The van der Waals surface area contributed by atoms with Crippen LogP contribution in [0.15, 0.2) is 30.5 Å². The molecule has 1 aromatic carbocycles. The summed E-state index contributed by atoms with van der Waals surface area (Å²) < 4.78 is 18.6. The Hall–Kier alpha value is -2.88. The van der Waals surface area contributed by atoms with Crippen LogP contribution in [0.1, 0.15) is 12.0 Å². The average molecular weight is 313 g/mol. The number of halogens is 1. The molecule has 0 radical (unpaired) electrons. The highest BCUT2D eigenvalue weighted by Crippen LogP contribution is 2.24. The topological polar surface area (TPSA) is 74.1 Å². The summed E-state index contributed by atoms with van der Waals surface area (Å²) in [5.41, 5.74) is 1.05. The fourth-order valence-corrected chi connectivity index (χ4v) is 2.64. The van der Waals surface area contributed by atoms with E-state index in [1.54, 1.807) is 25.4 Å². The van der Waals surface area contributed by atoms with Crippen LogP contribution in [0.4, 0.5) is 16.0 Å². The molecule has 0 amide bonds. The summed E-state index contributed by atoms with van der Waals surface area (Å²) in [4.78, 5) is 10.4. The lowest BCUT2D eigenvalue weighted by Crippen LogP contribution is -2.26. The van der Waals surface area contributed by atoms with Crippen LogP contribution in [0, 0.1) is 17.1 Å². The molecule has 23 heavy (non-hydrogen) atoms. The van der Waals surface area contributed by atoms with E-state index in [4.69, 9.17) is 10.00 Å². The predicted octanol–water partition coefficient (Wildman–Crippen LogP) is 2.19. The molecule has 1 N–H and O–H groups in total. The van der Waals surface area contributed by atoms with Crippen LogP contribution in [0.5, 0.6) is 5.88 Å². The Bertz CT molecular complexity index is 745. The van der Waals surface area contributed by atoms with Crippen LogP contribution in [0.2, 0.25) is 0 Å². The van der Waals surface area contributed by atoms with Crippen molar-refractivity contribution in [3.05, 3.63) is 41.8 Å². The third-order valence-electron chi connectivity index (χ3n) is 3.74. The number of hydrogen-bond acceptors (Lipinski definition) is 6. The molecule has 2 aromatic rings. The SMILES string of the molecule is COc1ccnc(NC2CCN(c3cc(F)cc(C#N)c3)C2)n1. The van der Waals surface area contributed by atoms with Gasteiger partial charge in [-0.1, -0.05) is 0 Å². The molecule has 1 unspecified atom stereocenters. The number of nitriles is 1. The Morgan fingerprint density at radius 3 is 3.09 bits per heavy atom. The zero-order valence-electron chi connectivity index (χ0n) is 12.7. The van der Waals surface area contributed by atoms with Crippen molar-refractivity contribution in [2.45, 2.75) is 12.5 Å². The maximum atomic E-state index is 13.6. The first kappa shape index (κ1) is 15.0. The minimum atomic E-state index is -0.397. The Morgan fingerprint density at radius 1 is 1.43 bits per heavy atom. The van der Waals surface area contributed by atoms with Crippen molar-refractivity contribution in [2.75, 3.05) is 30.4 Å². The lowest BCUT2D eigenvalue weighted by molar-refractivity contribution is 0.397. The van der Waals surface area contributed by atoms with E-state index in [-0.39, 0.29) is 6.04 Å². The fourth-order valence-electron chi connectivity index (χ4n) is 2.64. The van der Waals surface area contributed by atoms with Gasteiger partial charge in [0.25, 0.3) is 0 Å². The van der Waals surface area contributed by atoms with Crippen molar-refractivity contribution in [3.63, 3.8) is 0 Å². The van der Waals surface area contributed by atoms with Gasteiger partial charge in [-0.25, -0.2) is 9.37 Å². The van der Waals surface area contributed by atoms with Gasteiger partial charge in [0.15, 0.2) is 0 Å². The Kier molecular flexibility index (Phi) is 4.24. The van der Waals surface area contributed by atoms with Crippen molar-refractivity contribution in [3.8, 4) is 11.9 Å². The smallest absolute Gasteiger partial charge is 0.226 e. The summed E-state index contributed by atoms with van der Waals surface area (Å²) in [6.45, 7) is 1.46. The van der Waals surface area contributed by atoms with Crippen molar-refractivity contribution < 1.29 is 9.13 Å². The first-order valence-electron chi connectivity index (χ1n) is 7.27. The molecule has 0 saturated carbocycles. The quantitative estimate of drug-likeness (QED) is 0.932. The number of benzene rings is 1. The number of aromatic nitrogens is 2. The lowest BCUT2D eigenvalue weighted by Gasteiger charge is -2.19. The molecule has 6 nitrogen and oxygen atoms in total.